The van der Waals surface area contributed by atoms with Gasteiger partial charge in [-0.1, -0.05) is 24.3 Å². The molecule has 116 valence electrons. The third kappa shape index (κ3) is 8.01. The monoisotopic (exact) mass is 357 g/mol. The van der Waals surface area contributed by atoms with Gasteiger partial charge in [-0.3, -0.25) is 0 Å². The average molecular weight is 358 g/mol. The maximum Gasteiger partial charge on any atom is 1.00 e. The van der Waals surface area contributed by atoms with Crippen molar-refractivity contribution in [3.63, 3.8) is 0 Å². The van der Waals surface area contributed by atoms with Crippen LogP contribution in [-0.4, -0.2) is 0 Å². The molecular formula is C21H14CuLi2N. The number of hydrogen-bond acceptors (Lipinski definition) is 1. The predicted molar refractivity (Wildman–Crippen MR) is 90.5 cm³/mol. The third-order valence-electron chi connectivity index (χ3n) is 3.14. The molecule has 0 saturated carbocycles. The summed E-state index contributed by atoms with van der Waals surface area (Å²) < 4.78 is 0. The van der Waals surface area contributed by atoms with Gasteiger partial charge in [0, 0.05) is 0 Å². The van der Waals surface area contributed by atoms with Gasteiger partial charge < -0.3 is 11.8 Å². The molecule has 0 spiro atoms. The van der Waals surface area contributed by atoms with E-state index in [2.05, 4.69) is 48.5 Å². The zero-order valence-electron chi connectivity index (χ0n) is 14.3. The first-order valence-corrected chi connectivity index (χ1v) is 6.87. The quantitative estimate of drug-likeness (QED) is 0.304. The summed E-state index contributed by atoms with van der Waals surface area (Å²) in [4.78, 5) is 0. The van der Waals surface area contributed by atoms with Gasteiger partial charge in [-0.15, -0.1) is 94.3 Å². The molecule has 4 rings (SSSR count). The van der Waals surface area contributed by atoms with Gasteiger partial charge in [0.1, 0.15) is 0 Å². The van der Waals surface area contributed by atoms with E-state index >= 15 is 0 Å². The maximum atomic E-state index is 6.25. The molecule has 0 aromatic heterocycles. The van der Waals surface area contributed by atoms with Gasteiger partial charge in [-0.2, -0.15) is 0 Å². The zero-order valence-corrected chi connectivity index (χ0v) is 15.3. The van der Waals surface area contributed by atoms with Crippen molar-refractivity contribution in [1.82, 2.24) is 0 Å². The van der Waals surface area contributed by atoms with Crippen molar-refractivity contribution in [1.29, 1.82) is 5.26 Å². The van der Waals surface area contributed by atoms with Crippen molar-refractivity contribution in [3.05, 3.63) is 104 Å². The van der Waals surface area contributed by atoms with Gasteiger partial charge in [0.2, 0.25) is 0 Å². The van der Waals surface area contributed by atoms with E-state index in [-0.39, 0.29) is 54.8 Å². The van der Waals surface area contributed by atoms with Crippen molar-refractivity contribution in [3.8, 4) is 0 Å². The maximum absolute atomic E-state index is 6.25. The van der Waals surface area contributed by atoms with Gasteiger partial charge in [0.15, 0.2) is 0 Å². The van der Waals surface area contributed by atoms with Crippen LogP contribution in [0.2, 0.25) is 0 Å². The van der Waals surface area contributed by atoms with Crippen LogP contribution in [0, 0.1) is 24.0 Å². The summed E-state index contributed by atoms with van der Waals surface area (Å²) >= 11 is 0. The van der Waals surface area contributed by atoms with Crippen LogP contribution >= 0.6 is 0 Å². The Morgan fingerprint density at radius 1 is 0.560 bits per heavy atom. The second-order valence-electron chi connectivity index (χ2n) is 4.51. The molecule has 0 radical (unpaired) electrons. The van der Waals surface area contributed by atoms with Crippen LogP contribution in [-0.2, 0) is 17.1 Å². The normalized spacial score (nSPS) is 8.08. The van der Waals surface area contributed by atoms with Gasteiger partial charge in [-0.25, -0.2) is 0 Å². The first kappa shape index (κ1) is 25.8. The topological polar surface area (TPSA) is 23.8 Å². The Labute approximate surface area is 184 Å². The van der Waals surface area contributed by atoms with E-state index in [4.69, 9.17) is 11.8 Å². The molecule has 0 fully saturated rings. The second kappa shape index (κ2) is 14.9. The van der Waals surface area contributed by atoms with Crippen LogP contribution in [0.4, 0.5) is 0 Å². The minimum absolute atomic E-state index is 0. The van der Waals surface area contributed by atoms with Crippen LogP contribution in [0.3, 0.4) is 0 Å². The van der Waals surface area contributed by atoms with E-state index in [1.807, 2.05) is 48.5 Å². The number of rotatable bonds is 0. The van der Waals surface area contributed by atoms with Crippen molar-refractivity contribution >= 4 is 21.5 Å². The molecule has 0 aliphatic carbocycles. The van der Waals surface area contributed by atoms with Crippen LogP contribution in [0.15, 0.2) is 84.9 Å². The van der Waals surface area contributed by atoms with E-state index in [9.17, 15) is 0 Å². The molecule has 4 aromatic rings. The summed E-state index contributed by atoms with van der Waals surface area (Å²) in [6, 6.07) is 34.8. The van der Waals surface area contributed by atoms with Crippen molar-refractivity contribution in [2.45, 2.75) is 0 Å². The second-order valence-corrected chi connectivity index (χ2v) is 4.51. The van der Waals surface area contributed by atoms with E-state index in [1.54, 1.807) is 0 Å². The summed E-state index contributed by atoms with van der Waals surface area (Å²) in [7, 11) is 0. The molecular weight excluding hydrogens is 344 g/mol. The Morgan fingerprint density at radius 3 is 1.24 bits per heavy atom. The number of hydrogen-bond donors (Lipinski definition) is 0. The molecule has 0 bridgehead atoms. The van der Waals surface area contributed by atoms with Crippen molar-refractivity contribution < 1.29 is 54.8 Å². The molecule has 25 heavy (non-hydrogen) atoms. The third-order valence-corrected chi connectivity index (χ3v) is 3.14. The molecule has 0 amide bonds. The molecule has 4 aromatic carbocycles. The van der Waals surface area contributed by atoms with Gasteiger partial charge in [-0.05, 0) is 0 Å². The molecule has 0 aliphatic rings. The van der Waals surface area contributed by atoms with E-state index < -0.39 is 0 Å². The predicted octanol–water partition coefficient (Wildman–Crippen LogP) is -0.618. The summed E-state index contributed by atoms with van der Waals surface area (Å²) in [5.41, 5.74) is 0. The SMILES string of the molecule is [C-]#N.[Cu+].[Li+].[Li+].[c-]1cccc2ccccc12.[c-]1cccc2ccccc12. The summed E-state index contributed by atoms with van der Waals surface area (Å²) in [5.74, 6) is 0. The number of benzene rings is 4. The van der Waals surface area contributed by atoms with E-state index in [0.29, 0.717) is 0 Å². The first-order valence-electron chi connectivity index (χ1n) is 6.87. The summed E-state index contributed by atoms with van der Waals surface area (Å²) in [5, 5.41) is 11.1. The standard InChI is InChI=1S/2C10H7.CN.Cu.2Li/c2*1-2-6-10-8-4-3-7-9(10)5-1;1-2;;;/h2*1-7H;;;;/q3*-1;3*+1. The molecule has 0 unspecified atom stereocenters. The molecule has 4 heteroatoms. The Balaban J connectivity index is 0. The van der Waals surface area contributed by atoms with E-state index in [1.165, 1.54) is 21.5 Å². The van der Waals surface area contributed by atoms with Crippen molar-refractivity contribution in [2.24, 2.45) is 0 Å². The average Bonchev–Trinajstić information content (AvgIpc) is 2.64. The molecule has 0 aliphatic heterocycles. The smallest absolute Gasteiger partial charge is 0.512 e. The Kier molecular flexibility index (Phi) is 15.4. The molecule has 1 nitrogen and oxygen atoms in total. The summed E-state index contributed by atoms with van der Waals surface area (Å²) in [6.07, 6.45) is 0. The minimum atomic E-state index is 0. The van der Waals surface area contributed by atoms with E-state index in [0.717, 1.165) is 0 Å². The van der Waals surface area contributed by atoms with Crippen molar-refractivity contribution in [2.75, 3.05) is 0 Å². The van der Waals surface area contributed by atoms with Crippen LogP contribution in [0.1, 0.15) is 0 Å². The minimum Gasteiger partial charge on any atom is -0.512 e. The summed E-state index contributed by atoms with van der Waals surface area (Å²) in [6.45, 7) is 4.75. The fraction of sp³-hybridized carbons (Fsp3) is 0. The van der Waals surface area contributed by atoms with Crippen LogP contribution < -0.4 is 37.7 Å². The fourth-order valence-corrected chi connectivity index (χ4v) is 2.13. The largest absolute Gasteiger partial charge is 1.00 e. The zero-order chi connectivity index (χ0) is 15.6. The molecule has 0 atom stereocenters. The van der Waals surface area contributed by atoms with Crippen LogP contribution in [0.5, 0.6) is 0 Å². The number of nitrogens with zero attached hydrogens (tertiary/aromatic N) is 1. The first-order chi connectivity index (χ1) is 10.9. The molecule has 0 heterocycles. The Hall–Kier alpha value is -1.40. The Bertz CT molecular complexity index is 676. The van der Waals surface area contributed by atoms with Gasteiger partial charge in [0.25, 0.3) is 0 Å². The van der Waals surface area contributed by atoms with Crippen LogP contribution in [0.25, 0.3) is 21.5 Å². The number of fused-ring (bicyclic) bond motifs is 2. The molecule has 0 saturated heterocycles. The van der Waals surface area contributed by atoms with Gasteiger partial charge >= 0.3 is 54.8 Å². The molecule has 0 N–H and O–H groups in total. The fourth-order valence-electron chi connectivity index (χ4n) is 2.13. The Morgan fingerprint density at radius 2 is 0.880 bits per heavy atom. The van der Waals surface area contributed by atoms with Gasteiger partial charge in [0.05, 0.1) is 0 Å².